The SMILES string of the molecule is COc1cc(C#Cc2cnc(Nc3ccc(N4CCC(N5CCNCC5)CC4)c(OC)c3)nc2)c(F)c(OC)c1. The Morgan fingerprint density at radius 3 is 2.30 bits per heavy atom. The summed E-state index contributed by atoms with van der Waals surface area (Å²) in [6.45, 7) is 6.47. The quantitative estimate of drug-likeness (QED) is 0.432. The molecule has 5 rings (SSSR count). The Kier molecular flexibility index (Phi) is 8.84. The Balaban J connectivity index is 1.22. The molecule has 0 aliphatic carbocycles. The first-order chi connectivity index (χ1) is 19.6. The smallest absolute Gasteiger partial charge is 0.227 e. The molecule has 0 spiro atoms. The highest BCUT2D eigenvalue weighted by molar-refractivity contribution is 5.67. The van der Waals surface area contributed by atoms with Crippen molar-refractivity contribution in [3.8, 4) is 29.1 Å². The maximum atomic E-state index is 14.6. The van der Waals surface area contributed by atoms with Crippen molar-refractivity contribution >= 4 is 17.3 Å². The molecule has 40 heavy (non-hydrogen) atoms. The highest BCUT2D eigenvalue weighted by atomic mass is 19.1. The molecule has 0 bridgehead atoms. The highest BCUT2D eigenvalue weighted by Crippen LogP contribution is 2.34. The van der Waals surface area contributed by atoms with Gasteiger partial charge in [0.25, 0.3) is 0 Å². The van der Waals surface area contributed by atoms with E-state index in [2.05, 4.69) is 48.3 Å². The molecule has 3 heterocycles. The van der Waals surface area contributed by atoms with Gasteiger partial charge in [-0.1, -0.05) is 11.8 Å². The predicted octanol–water partition coefficient (Wildman–Crippen LogP) is 3.66. The van der Waals surface area contributed by atoms with Crippen LogP contribution in [-0.4, -0.2) is 81.5 Å². The summed E-state index contributed by atoms with van der Waals surface area (Å²) in [6.07, 6.45) is 5.49. The number of hydrogen-bond donors (Lipinski definition) is 2. The summed E-state index contributed by atoms with van der Waals surface area (Å²) in [4.78, 5) is 13.8. The van der Waals surface area contributed by atoms with Crippen molar-refractivity contribution in [2.75, 3.05) is 70.8 Å². The average Bonchev–Trinajstić information content (AvgIpc) is 3.01. The molecule has 2 saturated heterocycles. The van der Waals surface area contributed by atoms with Crippen molar-refractivity contribution in [3.63, 3.8) is 0 Å². The molecule has 210 valence electrons. The number of ether oxygens (including phenoxy) is 3. The van der Waals surface area contributed by atoms with Gasteiger partial charge in [-0.05, 0) is 31.0 Å². The first-order valence-corrected chi connectivity index (χ1v) is 13.5. The molecular formula is C30H35FN6O3. The molecule has 2 aliphatic heterocycles. The molecular weight excluding hydrogens is 511 g/mol. The third-order valence-corrected chi connectivity index (χ3v) is 7.37. The Labute approximate surface area is 234 Å². The van der Waals surface area contributed by atoms with Gasteiger partial charge in [0, 0.05) is 75.5 Å². The third kappa shape index (κ3) is 6.38. The monoisotopic (exact) mass is 546 g/mol. The molecule has 2 aliphatic rings. The summed E-state index contributed by atoms with van der Waals surface area (Å²) in [7, 11) is 4.60. The van der Waals surface area contributed by atoms with Crippen LogP contribution < -0.4 is 29.7 Å². The number of benzene rings is 2. The highest BCUT2D eigenvalue weighted by Gasteiger charge is 2.26. The predicted molar refractivity (Wildman–Crippen MR) is 153 cm³/mol. The number of methoxy groups -OCH3 is 3. The van der Waals surface area contributed by atoms with Crippen molar-refractivity contribution in [2.24, 2.45) is 0 Å². The van der Waals surface area contributed by atoms with Crippen LogP contribution in [0.1, 0.15) is 24.0 Å². The van der Waals surface area contributed by atoms with E-state index >= 15 is 0 Å². The van der Waals surface area contributed by atoms with E-state index in [0.29, 0.717) is 23.3 Å². The Morgan fingerprint density at radius 2 is 1.62 bits per heavy atom. The molecule has 0 atom stereocenters. The third-order valence-electron chi connectivity index (χ3n) is 7.37. The molecule has 0 amide bonds. The summed E-state index contributed by atoms with van der Waals surface area (Å²) in [5.41, 5.74) is 2.63. The lowest BCUT2D eigenvalue weighted by molar-refractivity contribution is 0.150. The van der Waals surface area contributed by atoms with E-state index in [1.807, 2.05) is 12.1 Å². The van der Waals surface area contributed by atoms with E-state index in [1.54, 1.807) is 19.5 Å². The second-order valence-electron chi connectivity index (χ2n) is 9.75. The molecule has 2 fully saturated rings. The molecule has 3 aromatic rings. The normalized spacial score (nSPS) is 16.1. The van der Waals surface area contributed by atoms with Gasteiger partial charge in [-0.2, -0.15) is 0 Å². The Bertz CT molecular complexity index is 1360. The average molecular weight is 547 g/mol. The second kappa shape index (κ2) is 12.9. The first-order valence-electron chi connectivity index (χ1n) is 13.5. The van der Waals surface area contributed by atoms with Gasteiger partial charge in [-0.3, -0.25) is 4.90 Å². The molecule has 9 nitrogen and oxygen atoms in total. The van der Waals surface area contributed by atoms with E-state index in [9.17, 15) is 4.39 Å². The first kappa shape index (κ1) is 27.5. The summed E-state index contributed by atoms with van der Waals surface area (Å²) in [6, 6.07) is 9.72. The Morgan fingerprint density at radius 1 is 0.900 bits per heavy atom. The van der Waals surface area contributed by atoms with E-state index in [0.717, 1.165) is 69.2 Å². The Hall–Kier alpha value is -4.07. The van der Waals surface area contributed by atoms with Gasteiger partial charge in [-0.15, -0.1) is 0 Å². The van der Waals surface area contributed by atoms with E-state index in [4.69, 9.17) is 14.2 Å². The van der Waals surface area contributed by atoms with Crippen LogP contribution in [-0.2, 0) is 0 Å². The van der Waals surface area contributed by atoms with Crippen LogP contribution in [0.4, 0.5) is 21.7 Å². The van der Waals surface area contributed by atoms with Gasteiger partial charge in [0.1, 0.15) is 11.5 Å². The number of hydrogen-bond acceptors (Lipinski definition) is 9. The van der Waals surface area contributed by atoms with E-state index in [1.165, 1.54) is 26.4 Å². The molecule has 10 heteroatoms. The number of aromatic nitrogens is 2. The van der Waals surface area contributed by atoms with Crippen molar-refractivity contribution < 1.29 is 18.6 Å². The van der Waals surface area contributed by atoms with Crippen LogP contribution in [0.25, 0.3) is 0 Å². The lowest BCUT2D eigenvalue weighted by Gasteiger charge is -2.41. The zero-order valence-corrected chi connectivity index (χ0v) is 23.2. The van der Waals surface area contributed by atoms with Crippen molar-refractivity contribution in [1.29, 1.82) is 0 Å². The van der Waals surface area contributed by atoms with Gasteiger partial charge < -0.3 is 29.7 Å². The van der Waals surface area contributed by atoms with E-state index < -0.39 is 5.82 Å². The summed E-state index contributed by atoms with van der Waals surface area (Å²) in [5, 5.41) is 6.66. The number of nitrogens with one attached hydrogen (secondary N) is 2. The van der Waals surface area contributed by atoms with Gasteiger partial charge in [0.2, 0.25) is 5.95 Å². The minimum Gasteiger partial charge on any atom is -0.497 e. The largest absolute Gasteiger partial charge is 0.497 e. The minimum absolute atomic E-state index is 0.0700. The maximum absolute atomic E-state index is 14.6. The van der Waals surface area contributed by atoms with Gasteiger partial charge >= 0.3 is 0 Å². The molecule has 2 aromatic carbocycles. The molecule has 2 N–H and O–H groups in total. The van der Waals surface area contributed by atoms with Gasteiger partial charge in [0.05, 0.1) is 38.1 Å². The maximum Gasteiger partial charge on any atom is 0.227 e. The zero-order valence-electron chi connectivity index (χ0n) is 23.2. The van der Waals surface area contributed by atoms with Crippen molar-refractivity contribution in [3.05, 3.63) is 59.7 Å². The van der Waals surface area contributed by atoms with Crippen molar-refractivity contribution in [1.82, 2.24) is 20.2 Å². The van der Waals surface area contributed by atoms with Crippen molar-refractivity contribution in [2.45, 2.75) is 18.9 Å². The molecule has 0 saturated carbocycles. The fourth-order valence-electron chi connectivity index (χ4n) is 5.19. The lowest BCUT2D eigenvalue weighted by atomic mass is 10.0. The molecule has 1 aromatic heterocycles. The number of piperazine rings is 1. The number of nitrogens with zero attached hydrogens (tertiary/aromatic N) is 4. The molecule has 0 unspecified atom stereocenters. The number of anilines is 3. The number of rotatable bonds is 7. The number of halogens is 1. The second-order valence-corrected chi connectivity index (χ2v) is 9.75. The van der Waals surface area contributed by atoms with Crippen LogP contribution in [0, 0.1) is 17.7 Å². The lowest BCUT2D eigenvalue weighted by Crippen LogP contribution is -2.52. The fraction of sp³-hybridized carbons (Fsp3) is 0.400. The van der Waals surface area contributed by atoms with E-state index in [-0.39, 0.29) is 11.3 Å². The van der Waals surface area contributed by atoms with Gasteiger partial charge in [-0.25, -0.2) is 14.4 Å². The molecule has 0 radical (unpaired) electrons. The van der Waals surface area contributed by atoms with Gasteiger partial charge in [0.15, 0.2) is 11.6 Å². The number of piperidine rings is 1. The van der Waals surface area contributed by atoms with Crippen LogP contribution >= 0.6 is 0 Å². The van der Waals surface area contributed by atoms with Crippen LogP contribution in [0.15, 0.2) is 42.7 Å². The van der Waals surface area contributed by atoms with Crippen LogP contribution in [0.2, 0.25) is 0 Å². The zero-order chi connectivity index (χ0) is 27.9. The van der Waals surface area contributed by atoms with Crippen LogP contribution in [0.5, 0.6) is 17.2 Å². The minimum atomic E-state index is -0.545. The summed E-state index contributed by atoms with van der Waals surface area (Å²) >= 11 is 0. The summed E-state index contributed by atoms with van der Waals surface area (Å²) in [5.74, 6) is 6.92. The van der Waals surface area contributed by atoms with Crippen LogP contribution in [0.3, 0.4) is 0 Å². The summed E-state index contributed by atoms with van der Waals surface area (Å²) < 4.78 is 30.6. The standard InChI is InChI=1S/C30H35FN6O3/c1-38-25-16-22(29(31)28(18-25)40-3)5-4-21-19-33-30(34-20-21)35-23-6-7-26(27(17-23)39-2)37-12-8-24(9-13-37)36-14-10-32-11-15-36/h6-7,16-20,24,32H,8-15H2,1-3H3,(H,33,34,35). The fourth-order valence-corrected chi connectivity index (χ4v) is 5.19. The topological polar surface area (TPSA) is 84.0 Å².